The molecule has 2 aromatic carbocycles. The zero-order chi connectivity index (χ0) is 24.6. The van der Waals surface area contributed by atoms with E-state index in [-0.39, 0.29) is 24.3 Å². The molecule has 9 heteroatoms. The molecule has 35 heavy (non-hydrogen) atoms. The lowest BCUT2D eigenvalue weighted by atomic mass is 10.1. The molecule has 9 nitrogen and oxygen atoms in total. The summed E-state index contributed by atoms with van der Waals surface area (Å²) in [6.07, 6.45) is 3.60. The average molecular weight is 469 g/mol. The minimum atomic E-state index is -0.392. The van der Waals surface area contributed by atoms with Crippen molar-refractivity contribution >= 4 is 29.0 Å². The Balaban J connectivity index is 1.34. The number of amides is 3. The first-order valence-electron chi connectivity index (χ1n) is 11.0. The topological polar surface area (TPSA) is 129 Å². The van der Waals surface area contributed by atoms with Crippen LogP contribution in [0.4, 0.5) is 21.9 Å². The Morgan fingerprint density at radius 2 is 1.51 bits per heavy atom. The summed E-state index contributed by atoms with van der Waals surface area (Å²) in [4.78, 5) is 48.5. The molecular formula is C26H24N6O3. The largest absolute Gasteiger partial charge is 0.326 e. The maximum atomic E-state index is 12.6. The van der Waals surface area contributed by atoms with Gasteiger partial charge in [-0.3, -0.25) is 14.6 Å². The van der Waals surface area contributed by atoms with Crippen LogP contribution in [0.2, 0.25) is 0 Å². The van der Waals surface area contributed by atoms with Crippen LogP contribution in [0.15, 0.2) is 83.9 Å². The fourth-order valence-corrected chi connectivity index (χ4v) is 3.50. The minimum absolute atomic E-state index is 0.104. The number of hydrogen-bond acceptors (Lipinski definition) is 5. The third kappa shape index (κ3) is 6.38. The predicted molar refractivity (Wildman–Crippen MR) is 135 cm³/mol. The number of nitrogens with zero attached hydrogens (tertiary/aromatic N) is 2. The van der Waals surface area contributed by atoms with Crippen molar-refractivity contribution in [3.8, 4) is 11.4 Å². The van der Waals surface area contributed by atoms with Gasteiger partial charge in [-0.2, -0.15) is 0 Å². The number of aryl methyl sites for hydroxylation is 1. The second-order valence-corrected chi connectivity index (χ2v) is 7.79. The Morgan fingerprint density at radius 3 is 2.23 bits per heavy atom. The molecule has 4 N–H and O–H groups in total. The van der Waals surface area contributed by atoms with Crippen LogP contribution >= 0.6 is 0 Å². The summed E-state index contributed by atoms with van der Waals surface area (Å²) >= 11 is 0. The molecule has 0 aliphatic heterocycles. The number of H-pyrrole nitrogens is 1. The molecule has 0 aliphatic rings. The quantitative estimate of drug-likeness (QED) is 0.320. The Hall–Kier alpha value is -4.79. The Kier molecular flexibility index (Phi) is 7.27. The van der Waals surface area contributed by atoms with Gasteiger partial charge in [-0.05, 0) is 55.8 Å². The van der Waals surface area contributed by atoms with E-state index in [0.717, 1.165) is 5.56 Å². The number of anilines is 3. The van der Waals surface area contributed by atoms with Crippen LogP contribution in [0, 0.1) is 6.92 Å². The molecule has 0 radical (unpaired) electrons. The van der Waals surface area contributed by atoms with E-state index in [1.165, 1.54) is 0 Å². The molecule has 0 unspecified atom stereocenters. The van der Waals surface area contributed by atoms with Gasteiger partial charge in [-0.25, -0.2) is 9.78 Å². The fourth-order valence-electron chi connectivity index (χ4n) is 3.50. The second-order valence-electron chi connectivity index (χ2n) is 7.79. The van der Waals surface area contributed by atoms with Crippen molar-refractivity contribution in [2.24, 2.45) is 0 Å². The second kappa shape index (κ2) is 10.9. The van der Waals surface area contributed by atoms with Gasteiger partial charge in [0.15, 0.2) is 0 Å². The lowest BCUT2D eigenvalue weighted by Crippen LogP contribution is -2.21. The highest BCUT2D eigenvalue weighted by Crippen LogP contribution is 2.17. The van der Waals surface area contributed by atoms with Crippen LogP contribution in [0.5, 0.6) is 0 Å². The van der Waals surface area contributed by atoms with Crippen molar-refractivity contribution in [1.29, 1.82) is 0 Å². The summed E-state index contributed by atoms with van der Waals surface area (Å²) in [7, 11) is 0. The van der Waals surface area contributed by atoms with Crippen LogP contribution in [0.25, 0.3) is 11.4 Å². The van der Waals surface area contributed by atoms with Crippen molar-refractivity contribution in [3.05, 3.63) is 101 Å². The molecule has 0 spiro atoms. The predicted octanol–water partition coefficient (Wildman–Crippen LogP) is 4.36. The number of aromatic nitrogens is 3. The van der Waals surface area contributed by atoms with E-state index in [9.17, 15) is 14.4 Å². The van der Waals surface area contributed by atoms with E-state index in [0.29, 0.717) is 34.1 Å². The van der Waals surface area contributed by atoms with E-state index in [4.69, 9.17) is 0 Å². The first-order chi connectivity index (χ1) is 17.0. The number of carbonyl (C=O) groups excluding carboxylic acids is 2. The Morgan fingerprint density at radius 1 is 0.857 bits per heavy atom. The minimum Gasteiger partial charge on any atom is -0.326 e. The number of urea groups is 1. The van der Waals surface area contributed by atoms with Gasteiger partial charge in [0.05, 0.1) is 0 Å². The average Bonchev–Trinajstić information content (AvgIpc) is 2.84. The molecule has 3 amide bonds. The number of pyridine rings is 1. The number of aromatic amines is 1. The molecule has 0 atom stereocenters. The van der Waals surface area contributed by atoms with E-state index >= 15 is 0 Å². The monoisotopic (exact) mass is 468 g/mol. The number of para-hydroxylation sites is 1. The lowest BCUT2D eigenvalue weighted by Gasteiger charge is -2.10. The standard InChI is InChI=1S/C26H24N6O3/c1-17-22(25(34)32-24(28-17)18-12-14-27-15-13-18)10-11-23(33)29-20-8-5-9-21(16-20)31-26(35)30-19-6-3-2-4-7-19/h2-9,12-16H,10-11H2,1H3,(H,29,33)(H,28,32,34)(H2,30,31,35). The van der Waals surface area contributed by atoms with E-state index in [1.807, 2.05) is 18.2 Å². The third-order valence-corrected chi connectivity index (χ3v) is 5.21. The molecule has 0 fully saturated rings. The van der Waals surface area contributed by atoms with Gasteiger partial charge in [0, 0.05) is 52.7 Å². The van der Waals surface area contributed by atoms with Crippen LogP contribution in [-0.4, -0.2) is 26.9 Å². The number of hydrogen-bond donors (Lipinski definition) is 4. The maximum Gasteiger partial charge on any atom is 0.323 e. The van der Waals surface area contributed by atoms with Crippen molar-refractivity contribution in [3.63, 3.8) is 0 Å². The molecule has 0 bridgehead atoms. The lowest BCUT2D eigenvalue weighted by molar-refractivity contribution is -0.116. The molecule has 0 aliphatic carbocycles. The molecule has 4 aromatic rings. The maximum absolute atomic E-state index is 12.6. The van der Waals surface area contributed by atoms with Gasteiger partial charge >= 0.3 is 6.03 Å². The van der Waals surface area contributed by atoms with Gasteiger partial charge in [0.2, 0.25) is 5.91 Å². The highest BCUT2D eigenvalue weighted by Gasteiger charge is 2.12. The third-order valence-electron chi connectivity index (χ3n) is 5.21. The highest BCUT2D eigenvalue weighted by atomic mass is 16.2. The first-order valence-corrected chi connectivity index (χ1v) is 11.0. The normalized spacial score (nSPS) is 10.4. The zero-order valence-corrected chi connectivity index (χ0v) is 19.0. The summed E-state index contributed by atoms with van der Waals surface area (Å²) in [5.41, 5.74) is 3.25. The van der Waals surface area contributed by atoms with Crippen molar-refractivity contribution in [2.75, 3.05) is 16.0 Å². The molecule has 2 aromatic heterocycles. The molecular weight excluding hydrogens is 444 g/mol. The fraction of sp³-hybridized carbons (Fsp3) is 0.115. The van der Waals surface area contributed by atoms with Gasteiger partial charge < -0.3 is 20.9 Å². The Labute approximate surface area is 201 Å². The van der Waals surface area contributed by atoms with Crippen LogP contribution in [-0.2, 0) is 11.2 Å². The summed E-state index contributed by atoms with van der Waals surface area (Å²) in [5.74, 6) is 0.205. The van der Waals surface area contributed by atoms with Crippen molar-refractivity contribution in [1.82, 2.24) is 15.0 Å². The highest BCUT2D eigenvalue weighted by molar-refractivity contribution is 6.00. The van der Waals surface area contributed by atoms with Crippen molar-refractivity contribution in [2.45, 2.75) is 19.8 Å². The number of nitrogens with one attached hydrogen (secondary N) is 4. The first kappa shape index (κ1) is 23.4. The van der Waals surface area contributed by atoms with E-state index in [1.54, 1.807) is 67.8 Å². The SMILES string of the molecule is Cc1nc(-c2ccncc2)[nH]c(=O)c1CCC(=O)Nc1cccc(NC(=O)Nc2ccccc2)c1. The number of rotatable bonds is 7. The molecule has 176 valence electrons. The van der Waals surface area contributed by atoms with Crippen molar-refractivity contribution < 1.29 is 9.59 Å². The molecule has 4 rings (SSSR count). The van der Waals surface area contributed by atoms with E-state index < -0.39 is 6.03 Å². The molecule has 2 heterocycles. The number of carbonyl (C=O) groups is 2. The molecule has 0 saturated heterocycles. The Bertz CT molecular complexity index is 1390. The number of benzene rings is 2. The van der Waals surface area contributed by atoms with Gasteiger partial charge in [0.1, 0.15) is 5.82 Å². The van der Waals surface area contributed by atoms with Gasteiger partial charge in [-0.1, -0.05) is 24.3 Å². The van der Waals surface area contributed by atoms with E-state index in [2.05, 4.69) is 30.9 Å². The summed E-state index contributed by atoms with van der Waals surface area (Å²) in [6.45, 7) is 1.75. The van der Waals surface area contributed by atoms with Crippen LogP contribution in [0.1, 0.15) is 17.7 Å². The molecule has 0 saturated carbocycles. The summed E-state index contributed by atoms with van der Waals surface area (Å²) < 4.78 is 0. The summed E-state index contributed by atoms with van der Waals surface area (Å²) in [6, 6.07) is 19.0. The zero-order valence-electron chi connectivity index (χ0n) is 19.0. The van der Waals surface area contributed by atoms with Gasteiger partial charge in [0.25, 0.3) is 5.56 Å². The van der Waals surface area contributed by atoms with Crippen LogP contribution < -0.4 is 21.5 Å². The summed E-state index contributed by atoms with van der Waals surface area (Å²) in [5, 5.41) is 8.27. The smallest absolute Gasteiger partial charge is 0.323 e. The van der Waals surface area contributed by atoms with Gasteiger partial charge in [-0.15, -0.1) is 0 Å². The van der Waals surface area contributed by atoms with Crippen LogP contribution in [0.3, 0.4) is 0 Å².